The molecule has 1 heterocycles. The Kier molecular flexibility index (Phi) is 4.66. The van der Waals surface area contributed by atoms with Crippen LogP contribution in [-0.4, -0.2) is 35.5 Å². The fraction of sp³-hybridized carbons (Fsp3) is 0.417. The second kappa shape index (κ2) is 6.24. The van der Waals surface area contributed by atoms with Gasteiger partial charge in [0.25, 0.3) is 0 Å². The molecular weight excluding hydrogens is 268 g/mol. The molecule has 0 bridgehead atoms. The summed E-state index contributed by atoms with van der Waals surface area (Å²) in [5.74, 6) is 3.71. The summed E-state index contributed by atoms with van der Waals surface area (Å²) in [6.45, 7) is 0. The van der Waals surface area contributed by atoms with Gasteiger partial charge in [0.05, 0.1) is 18.0 Å². The minimum Gasteiger partial charge on any atom is -0.495 e. The van der Waals surface area contributed by atoms with Crippen LogP contribution < -0.4 is 15.8 Å². The fourth-order valence-corrected chi connectivity index (χ4v) is 4.23. The molecule has 1 atom stereocenters. The van der Waals surface area contributed by atoms with Crippen molar-refractivity contribution in [2.24, 2.45) is 0 Å². The third-order valence-electron chi connectivity index (χ3n) is 2.61. The van der Waals surface area contributed by atoms with Gasteiger partial charge in [0.15, 0.2) is 0 Å². The topological polar surface area (TPSA) is 64.3 Å². The lowest BCUT2D eigenvalue weighted by Crippen LogP contribution is -2.30. The van der Waals surface area contributed by atoms with Gasteiger partial charge in [-0.1, -0.05) is 0 Å². The van der Waals surface area contributed by atoms with Gasteiger partial charge in [-0.15, -0.1) is 11.8 Å². The zero-order valence-corrected chi connectivity index (χ0v) is 11.8. The first-order valence-corrected chi connectivity index (χ1v) is 7.85. The zero-order chi connectivity index (χ0) is 13.0. The molecular formula is C12H16N2O2S2. The Bertz CT molecular complexity index is 434. The largest absolute Gasteiger partial charge is 0.495 e. The SMILES string of the molecule is COc1ccc(NC(=O)C2CSCCS2)cc1N. The monoisotopic (exact) mass is 284 g/mol. The minimum atomic E-state index is 0.0343. The Morgan fingerprint density at radius 2 is 2.33 bits per heavy atom. The third kappa shape index (κ3) is 3.26. The van der Waals surface area contributed by atoms with E-state index in [1.807, 2.05) is 11.8 Å². The van der Waals surface area contributed by atoms with Crippen molar-refractivity contribution in [2.45, 2.75) is 5.25 Å². The molecule has 0 saturated carbocycles. The highest BCUT2D eigenvalue weighted by Gasteiger charge is 2.22. The van der Waals surface area contributed by atoms with Crippen LogP contribution in [0.25, 0.3) is 0 Å². The van der Waals surface area contributed by atoms with Crippen molar-refractivity contribution in [3.8, 4) is 5.75 Å². The number of nitrogen functional groups attached to an aromatic ring is 1. The Morgan fingerprint density at radius 1 is 1.50 bits per heavy atom. The van der Waals surface area contributed by atoms with Gasteiger partial charge < -0.3 is 15.8 Å². The van der Waals surface area contributed by atoms with Crippen LogP contribution in [-0.2, 0) is 4.79 Å². The van der Waals surface area contributed by atoms with Crippen LogP contribution in [0.4, 0.5) is 11.4 Å². The van der Waals surface area contributed by atoms with Gasteiger partial charge in [0.1, 0.15) is 5.75 Å². The predicted octanol–water partition coefficient (Wildman–Crippen LogP) is 2.06. The summed E-state index contributed by atoms with van der Waals surface area (Å²) < 4.78 is 5.08. The van der Waals surface area contributed by atoms with E-state index in [1.54, 1.807) is 37.1 Å². The summed E-state index contributed by atoms with van der Waals surface area (Å²) in [4.78, 5) is 12.0. The molecule has 0 aromatic heterocycles. The first-order chi connectivity index (χ1) is 8.70. The van der Waals surface area contributed by atoms with Crippen molar-refractivity contribution in [1.29, 1.82) is 0 Å². The highest BCUT2D eigenvalue weighted by molar-refractivity contribution is 8.07. The number of carbonyl (C=O) groups is 1. The van der Waals surface area contributed by atoms with Crippen molar-refractivity contribution in [3.05, 3.63) is 18.2 Å². The summed E-state index contributed by atoms with van der Waals surface area (Å²) >= 11 is 3.54. The Balaban J connectivity index is 2.00. The van der Waals surface area contributed by atoms with E-state index in [1.165, 1.54) is 0 Å². The summed E-state index contributed by atoms with van der Waals surface area (Å²) in [5, 5.41) is 2.93. The van der Waals surface area contributed by atoms with Crippen LogP contribution in [0.3, 0.4) is 0 Å². The first-order valence-electron chi connectivity index (χ1n) is 5.64. The van der Waals surface area contributed by atoms with E-state index in [-0.39, 0.29) is 11.2 Å². The minimum absolute atomic E-state index is 0.0343. The number of nitrogens with one attached hydrogen (secondary N) is 1. The number of hydrogen-bond acceptors (Lipinski definition) is 5. The summed E-state index contributed by atoms with van der Waals surface area (Å²) in [7, 11) is 1.57. The standard InChI is InChI=1S/C12H16N2O2S2/c1-16-10-3-2-8(6-9(10)13)14-12(15)11-7-17-4-5-18-11/h2-3,6,11H,4-5,7,13H2,1H3,(H,14,15). The average molecular weight is 284 g/mol. The van der Waals surface area contributed by atoms with Gasteiger partial charge in [0.2, 0.25) is 5.91 Å². The lowest BCUT2D eigenvalue weighted by atomic mass is 10.2. The van der Waals surface area contributed by atoms with E-state index in [0.717, 1.165) is 22.9 Å². The van der Waals surface area contributed by atoms with E-state index in [4.69, 9.17) is 10.5 Å². The molecule has 98 valence electrons. The molecule has 1 aliphatic heterocycles. The Hall–Kier alpha value is -1.01. The second-order valence-corrected chi connectivity index (χ2v) is 6.34. The lowest BCUT2D eigenvalue weighted by Gasteiger charge is -2.20. The smallest absolute Gasteiger partial charge is 0.238 e. The lowest BCUT2D eigenvalue weighted by molar-refractivity contribution is -0.115. The number of methoxy groups -OCH3 is 1. The number of ether oxygens (including phenoxy) is 1. The maximum Gasteiger partial charge on any atom is 0.238 e. The van der Waals surface area contributed by atoms with Crippen molar-refractivity contribution < 1.29 is 9.53 Å². The molecule has 2 rings (SSSR count). The number of benzene rings is 1. The van der Waals surface area contributed by atoms with E-state index in [0.29, 0.717) is 11.4 Å². The quantitative estimate of drug-likeness (QED) is 0.832. The molecule has 1 amide bonds. The van der Waals surface area contributed by atoms with E-state index in [2.05, 4.69) is 5.32 Å². The van der Waals surface area contributed by atoms with Gasteiger partial charge in [-0.2, -0.15) is 11.8 Å². The van der Waals surface area contributed by atoms with Gasteiger partial charge >= 0.3 is 0 Å². The third-order valence-corrected chi connectivity index (χ3v) is 5.36. The van der Waals surface area contributed by atoms with Crippen LogP contribution in [0.1, 0.15) is 0 Å². The molecule has 0 radical (unpaired) electrons. The van der Waals surface area contributed by atoms with Crippen molar-refractivity contribution in [2.75, 3.05) is 35.4 Å². The van der Waals surface area contributed by atoms with Crippen molar-refractivity contribution in [3.63, 3.8) is 0 Å². The highest BCUT2D eigenvalue weighted by atomic mass is 32.2. The molecule has 0 spiro atoms. The summed E-state index contributed by atoms with van der Waals surface area (Å²) in [5.41, 5.74) is 7.05. The average Bonchev–Trinajstić information content (AvgIpc) is 2.40. The number of thioether (sulfide) groups is 2. The molecule has 6 heteroatoms. The normalized spacial score (nSPS) is 19.3. The Morgan fingerprint density at radius 3 is 2.94 bits per heavy atom. The van der Waals surface area contributed by atoms with Crippen molar-refractivity contribution >= 4 is 40.8 Å². The summed E-state index contributed by atoms with van der Waals surface area (Å²) in [6, 6.07) is 5.28. The van der Waals surface area contributed by atoms with E-state index in [9.17, 15) is 4.79 Å². The zero-order valence-electron chi connectivity index (χ0n) is 10.1. The number of anilines is 2. The molecule has 1 aromatic carbocycles. The molecule has 18 heavy (non-hydrogen) atoms. The number of rotatable bonds is 3. The molecule has 0 aliphatic carbocycles. The van der Waals surface area contributed by atoms with Crippen LogP contribution >= 0.6 is 23.5 Å². The van der Waals surface area contributed by atoms with Crippen molar-refractivity contribution in [1.82, 2.24) is 0 Å². The Labute approximate surface area is 115 Å². The van der Waals surface area contributed by atoms with Crippen LogP contribution in [0.15, 0.2) is 18.2 Å². The van der Waals surface area contributed by atoms with Gasteiger partial charge in [-0.25, -0.2) is 0 Å². The van der Waals surface area contributed by atoms with Gasteiger partial charge in [-0.3, -0.25) is 4.79 Å². The number of hydrogen-bond donors (Lipinski definition) is 2. The molecule has 3 N–H and O–H groups in total. The molecule has 1 fully saturated rings. The van der Waals surface area contributed by atoms with Gasteiger partial charge in [0, 0.05) is 22.9 Å². The fourth-order valence-electron chi connectivity index (χ4n) is 1.67. The molecule has 4 nitrogen and oxygen atoms in total. The van der Waals surface area contributed by atoms with Crippen LogP contribution in [0.5, 0.6) is 5.75 Å². The van der Waals surface area contributed by atoms with E-state index < -0.39 is 0 Å². The number of carbonyl (C=O) groups excluding carboxylic acids is 1. The van der Waals surface area contributed by atoms with E-state index >= 15 is 0 Å². The number of nitrogens with two attached hydrogens (primary N) is 1. The molecule has 1 unspecified atom stereocenters. The second-order valence-electron chi connectivity index (χ2n) is 3.88. The predicted molar refractivity (Wildman–Crippen MR) is 79.6 cm³/mol. The molecule has 1 aliphatic rings. The maximum atomic E-state index is 12.0. The van der Waals surface area contributed by atoms with Gasteiger partial charge in [-0.05, 0) is 18.2 Å². The number of amides is 1. The first kappa shape index (κ1) is 13.4. The maximum absolute atomic E-state index is 12.0. The summed E-state index contributed by atoms with van der Waals surface area (Å²) in [6.07, 6.45) is 0. The highest BCUT2D eigenvalue weighted by Crippen LogP contribution is 2.27. The van der Waals surface area contributed by atoms with Crippen LogP contribution in [0.2, 0.25) is 0 Å². The molecule has 1 aromatic rings. The van der Waals surface area contributed by atoms with Crippen LogP contribution in [0, 0.1) is 0 Å². The molecule has 1 saturated heterocycles.